The third-order valence-electron chi connectivity index (χ3n) is 4.83. The summed E-state index contributed by atoms with van der Waals surface area (Å²) in [5.74, 6) is 0. The lowest BCUT2D eigenvalue weighted by Crippen LogP contribution is -2.08. The van der Waals surface area contributed by atoms with E-state index in [9.17, 15) is 0 Å². The molecule has 0 amide bonds. The molecule has 0 aromatic heterocycles. The Labute approximate surface area is 151 Å². The lowest BCUT2D eigenvalue weighted by atomic mass is 10.1. The summed E-state index contributed by atoms with van der Waals surface area (Å²) in [5.41, 5.74) is 0.906. The maximum Gasteiger partial charge on any atom is 0.139 e. The van der Waals surface area contributed by atoms with Gasteiger partial charge in [-0.2, -0.15) is 0 Å². The molecule has 0 aromatic carbocycles. The monoisotopic (exact) mass is 356 g/mol. The van der Waals surface area contributed by atoms with Crippen molar-refractivity contribution in [2.45, 2.75) is 116 Å². The molecular formula is C20H44OSi2. The maximum absolute atomic E-state index is 9.07. The van der Waals surface area contributed by atoms with Gasteiger partial charge >= 0.3 is 0 Å². The molecular weight excluding hydrogens is 312 g/mol. The largest absolute Gasteiger partial charge is 0.442 e. The van der Waals surface area contributed by atoms with E-state index in [4.69, 9.17) is 4.80 Å². The van der Waals surface area contributed by atoms with Crippen molar-refractivity contribution in [3.63, 3.8) is 0 Å². The van der Waals surface area contributed by atoms with Crippen LogP contribution in [0.3, 0.4) is 0 Å². The molecule has 0 saturated heterocycles. The fraction of sp³-hybridized carbons (Fsp3) is 0.900. The molecule has 0 spiro atoms. The average Bonchev–Trinajstić information content (AvgIpc) is 2.54. The van der Waals surface area contributed by atoms with E-state index in [-0.39, 0.29) is 9.04 Å². The molecule has 0 fully saturated rings. The summed E-state index contributed by atoms with van der Waals surface area (Å²) < 4.78 is 0. The topological polar surface area (TPSA) is 20.2 Å². The zero-order chi connectivity index (χ0) is 17.0. The van der Waals surface area contributed by atoms with Gasteiger partial charge in [0, 0.05) is 9.04 Å². The van der Waals surface area contributed by atoms with E-state index in [2.05, 4.69) is 26.0 Å². The van der Waals surface area contributed by atoms with Gasteiger partial charge in [-0.25, -0.2) is 0 Å². The minimum absolute atomic E-state index is 0.0330. The van der Waals surface area contributed by atoms with Crippen molar-refractivity contribution in [3.05, 3.63) is 12.2 Å². The SMILES string of the molecule is CCCCCCCC/C=C\CCCCCCCCC(C)[SiH2][SiH2]O. The van der Waals surface area contributed by atoms with Gasteiger partial charge in [0.05, 0.1) is 0 Å². The van der Waals surface area contributed by atoms with Crippen LogP contribution in [0.1, 0.15) is 110 Å². The fourth-order valence-electron chi connectivity index (χ4n) is 3.11. The van der Waals surface area contributed by atoms with E-state index < -0.39 is 9.28 Å². The number of hydrogen-bond acceptors (Lipinski definition) is 1. The molecule has 0 saturated carbocycles. The van der Waals surface area contributed by atoms with Crippen molar-refractivity contribution in [1.82, 2.24) is 0 Å². The molecule has 0 heterocycles. The molecule has 1 atom stereocenters. The first-order valence-corrected chi connectivity index (χ1v) is 16.0. The van der Waals surface area contributed by atoms with Crippen molar-refractivity contribution in [2.24, 2.45) is 0 Å². The Balaban J connectivity index is 3.10. The minimum atomic E-state index is -0.568. The van der Waals surface area contributed by atoms with E-state index in [1.54, 1.807) is 0 Å². The van der Waals surface area contributed by atoms with Gasteiger partial charge in [0.1, 0.15) is 9.28 Å². The van der Waals surface area contributed by atoms with Crippen molar-refractivity contribution in [3.8, 4) is 0 Å². The fourth-order valence-corrected chi connectivity index (χ4v) is 6.31. The van der Waals surface area contributed by atoms with E-state index in [1.807, 2.05) is 0 Å². The molecule has 1 N–H and O–H groups in total. The molecule has 1 unspecified atom stereocenters. The third kappa shape index (κ3) is 20.1. The molecule has 0 aliphatic carbocycles. The van der Waals surface area contributed by atoms with E-state index in [0.717, 1.165) is 5.54 Å². The third-order valence-corrected chi connectivity index (χ3v) is 10.2. The lowest BCUT2D eigenvalue weighted by Gasteiger charge is -2.07. The lowest BCUT2D eigenvalue weighted by molar-refractivity contribution is 0.575. The second-order valence-electron chi connectivity index (χ2n) is 7.34. The summed E-state index contributed by atoms with van der Waals surface area (Å²) >= 11 is 0. The summed E-state index contributed by atoms with van der Waals surface area (Å²) in [5, 5.41) is 0. The van der Waals surface area contributed by atoms with Gasteiger partial charge in [-0.15, -0.1) is 0 Å². The number of unbranched alkanes of at least 4 members (excludes halogenated alkanes) is 12. The smallest absolute Gasteiger partial charge is 0.139 e. The summed E-state index contributed by atoms with van der Waals surface area (Å²) in [6.07, 6.45) is 25.7. The molecule has 0 rings (SSSR count). The van der Waals surface area contributed by atoms with Gasteiger partial charge in [0.25, 0.3) is 0 Å². The number of hydrogen-bond donors (Lipinski definition) is 1. The molecule has 0 radical (unpaired) electrons. The summed E-state index contributed by atoms with van der Waals surface area (Å²) in [6.45, 7) is 4.64. The van der Waals surface area contributed by atoms with Gasteiger partial charge in [-0.05, 0) is 25.7 Å². The summed E-state index contributed by atoms with van der Waals surface area (Å²) in [4.78, 5) is 9.07. The molecule has 0 bridgehead atoms. The second kappa shape index (κ2) is 20.2. The summed E-state index contributed by atoms with van der Waals surface area (Å²) in [6, 6.07) is 0. The molecule has 0 aromatic rings. The normalized spacial score (nSPS) is 14.0. The molecule has 1 nitrogen and oxygen atoms in total. The first kappa shape index (κ1) is 23.1. The number of allylic oxidation sites excluding steroid dienone is 2. The molecule has 138 valence electrons. The van der Waals surface area contributed by atoms with Gasteiger partial charge in [0.2, 0.25) is 0 Å². The minimum Gasteiger partial charge on any atom is -0.442 e. The Morgan fingerprint density at radius 3 is 1.74 bits per heavy atom. The van der Waals surface area contributed by atoms with Crippen LogP contribution in [0, 0.1) is 0 Å². The first-order chi connectivity index (χ1) is 11.3. The molecule has 0 aliphatic heterocycles. The molecule has 3 heteroatoms. The Morgan fingerprint density at radius 1 is 0.739 bits per heavy atom. The van der Waals surface area contributed by atoms with Crippen LogP contribution in [0.2, 0.25) is 5.54 Å². The predicted molar refractivity (Wildman–Crippen MR) is 113 cm³/mol. The van der Waals surface area contributed by atoms with Crippen molar-refractivity contribution >= 4 is 18.3 Å². The molecule has 0 aliphatic rings. The van der Waals surface area contributed by atoms with E-state index >= 15 is 0 Å². The van der Waals surface area contributed by atoms with Gasteiger partial charge in [0.15, 0.2) is 0 Å². The van der Waals surface area contributed by atoms with E-state index in [1.165, 1.54) is 96.3 Å². The Kier molecular flexibility index (Phi) is 20.3. The van der Waals surface area contributed by atoms with Crippen molar-refractivity contribution < 1.29 is 4.80 Å². The maximum atomic E-state index is 9.07. The second-order valence-corrected chi connectivity index (χ2v) is 12.8. The first-order valence-electron chi connectivity index (χ1n) is 10.6. The zero-order valence-electron chi connectivity index (χ0n) is 16.2. The van der Waals surface area contributed by atoms with Crippen molar-refractivity contribution in [2.75, 3.05) is 0 Å². The highest BCUT2D eigenvalue weighted by molar-refractivity contribution is 6.97. The van der Waals surface area contributed by atoms with Crippen LogP contribution in [0.4, 0.5) is 0 Å². The van der Waals surface area contributed by atoms with Crippen LogP contribution in [0.5, 0.6) is 0 Å². The van der Waals surface area contributed by atoms with Gasteiger partial charge in [-0.1, -0.05) is 102 Å². The quantitative estimate of drug-likeness (QED) is 0.198. The highest BCUT2D eigenvalue weighted by atomic mass is 29.2. The average molecular weight is 357 g/mol. The predicted octanol–water partition coefficient (Wildman–Crippen LogP) is 5.38. The standard InChI is InChI=1S/C20H44OSi2/c1-3-4-5-6-7-8-9-10-11-12-13-14-15-16-17-18-19-20(2)22-23-21/h10-11,20-21H,3-9,12-19,22-23H2,1-2H3/b11-10-. The zero-order valence-corrected chi connectivity index (χ0v) is 19.0. The van der Waals surface area contributed by atoms with Crippen LogP contribution in [0.15, 0.2) is 12.2 Å². The Bertz CT molecular complexity index is 244. The Hall–Kier alpha value is 0.134. The van der Waals surface area contributed by atoms with Crippen LogP contribution >= 0.6 is 0 Å². The Morgan fingerprint density at radius 2 is 1.22 bits per heavy atom. The highest BCUT2D eigenvalue weighted by Gasteiger charge is 2.01. The van der Waals surface area contributed by atoms with Crippen LogP contribution in [-0.2, 0) is 0 Å². The van der Waals surface area contributed by atoms with Gasteiger partial charge < -0.3 is 4.80 Å². The van der Waals surface area contributed by atoms with Crippen LogP contribution in [-0.4, -0.2) is 23.1 Å². The highest BCUT2D eigenvalue weighted by Crippen LogP contribution is 2.15. The summed E-state index contributed by atoms with van der Waals surface area (Å²) in [7, 11) is -0.601. The van der Waals surface area contributed by atoms with Crippen LogP contribution < -0.4 is 0 Å². The molecule has 23 heavy (non-hydrogen) atoms. The van der Waals surface area contributed by atoms with Crippen LogP contribution in [0.25, 0.3) is 0 Å². The number of rotatable bonds is 18. The van der Waals surface area contributed by atoms with Crippen molar-refractivity contribution in [1.29, 1.82) is 0 Å². The van der Waals surface area contributed by atoms with Gasteiger partial charge in [-0.3, -0.25) is 0 Å². The van der Waals surface area contributed by atoms with E-state index in [0.29, 0.717) is 0 Å².